The van der Waals surface area contributed by atoms with Crippen LogP contribution >= 0.6 is 22.9 Å². The summed E-state index contributed by atoms with van der Waals surface area (Å²) in [5.74, 6) is -1.36. The molecule has 2 rings (SSSR count). The molecule has 0 spiro atoms. The van der Waals surface area contributed by atoms with Crippen molar-refractivity contribution in [3.63, 3.8) is 0 Å². The summed E-state index contributed by atoms with van der Waals surface area (Å²) in [6, 6.07) is 6.99. The number of carbonyl (C=O) groups is 2. The fraction of sp³-hybridized carbons (Fsp3) is 0.312. The molecule has 122 valence electrons. The lowest BCUT2D eigenvalue weighted by molar-refractivity contribution is -0.137. The van der Waals surface area contributed by atoms with Crippen LogP contribution in [-0.2, 0) is 17.8 Å². The van der Waals surface area contributed by atoms with Gasteiger partial charge in [0, 0.05) is 11.6 Å². The van der Waals surface area contributed by atoms with Crippen LogP contribution in [0.3, 0.4) is 0 Å². The number of hydrogen-bond donors (Lipinski definition) is 1. The second kappa shape index (κ2) is 7.57. The minimum Gasteiger partial charge on any atom is -0.480 e. The minimum absolute atomic E-state index is 0.209. The van der Waals surface area contributed by atoms with E-state index in [1.165, 1.54) is 16.2 Å². The fourth-order valence-corrected chi connectivity index (χ4v) is 3.22. The number of aryl methyl sites for hydroxylation is 2. The Balaban J connectivity index is 2.26. The SMILES string of the molecule is CCc1nc(C)c(C(=O)N(CC(=O)O)Cc2ccc(Cl)cc2)s1. The number of carboxylic acid groups (broad SMARTS) is 1. The van der Waals surface area contributed by atoms with Crippen molar-refractivity contribution in [2.45, 2.75) is 26.8 Å². The van der Waals surface area contributed by atoms with Crippen LogP contribution in [0.1, 0.15) is 32.9 Å². The normalized spacial score (nSPS) is 10.6. The summed E-state index contributed by atoms with van der Waals surface area (Å²) in [4.78, 5) is 30.0. The summed E-state index contributed by atoms with van der Waals surface area (Å²) in [6.45, 7) is 3.58. The average molecular weight is 353 g/mol. The quantitative estimate of drug-likeness (QED) is 0.865. The van der Waals surface area contributed by atoms with Gasteiger partial charge in [0.15, 0.2) is 0 Å². The summed E-state index contributed by atoms with van der Waals surface area (Å²) in [5, 5.41) is 10.6. The van der Waals surface area contributed by atoms with E-state index >= 15 is 0 Å². The van der Waals surface area contributed by atoms with Crippen LogP contribution in [0.5, 0.6) is 0 Å². The number of carbonyl (C=O) groups excluding carboxylic acids is 1. The zero-order chi connectivity index (χ0) is 17.0. The standard InChI is InChI=1S/C16H17ClN2O3S/c1-3-13-18-10(2)15(23-13)16(22)19(9-14(20)21)8-11-4-6-12(17)7-5-11/h4-7H,3,8-9H2,1-2H3,(H,20,21). The zero-order valence-corrected chi connectivity index (χ0v) is 14.4. The number of rotatable bonds is 6. The van der Waals surface area contributed by atoms with Gasteiger partial charge in [-0.1, -0.05) is 30.7 Å². The Bertz CT molecular complexity index is 713. The van der Waals surface area contributed by atoms with Gasteiger partial charge in [0.1, 0.15) is 11.4 Å². The second-order valence-electron chi connectivity index (χ2n) is 5.06. The largest absolute Gasteiger partial charge is 0.480 e. The van der Waals surface area contributed by atoms with Gasteiger partial charge in [-0.05, 0) is 31.0 Å². The van der Waals surface area contributed by atoms with Crippen molar-refractivity contribution >= 4 is 34.8 Å². The molecule has 0 saturated carbocycles. The molecule has 1 heterocycles. The number of hydrogen-bond acceptors (Lipinski definition) is 4. The molecule has 0 saturated heterocycles. The van der Waals surface area contributed by atoms with E-state index in [1.54, 1.807) is 31.2 Å². The predicted molar refractivity (Wildman–Crippen MR) is 90.1 cm³/mol. The number of nitrogens with zero attached hydrogens (tertiary/aromatic N) is 2. The van der Waals surface area contributed by atoms with Crippen molar-refractivity contribution < 1.29 is 14.7 Å². The van der Waals surface area contributed by atoms with E-state index in [-0.39, 0.29) is 19.0 Å². The first-order valence-electron chi connectivity index (χ1n) is 7.12. The first-order chi connectivity index (χ1) is 10.9. The number of aliphatic carboxylic acids is 1. The number of amides is 1. The summed E-state index contributed by atoms with van der Waals surface area (Å²) >= 11 is 7.17. The van der Waals surface area contributed by atoms with E-state index in [1.807, 2.05) is 6.92 Å². The molecule has 7 heteroatoms. The molecule has 2 aromatic rings. The van der Waals surface area contributed by atoms with Crippen molar-refractivity contribution in [3.05, 3.63) is 50.4 Å². The highest BCUT2D eigenvalue weighted by Crippen LogP contribution is 2.22. The van der Waals surface area contributed by atoms with E-state index < -0.39 is 5.97 Å². The molecular formula is C16H17ClN2O3S. The molecule has 1 aromatic heterocycles. The smallest absolute Gasteiger partial charge is 0.323 e. The van der Waals surface area contributed by atoms with Gasteiger partial charge >= 0.3 is 5.97 Å². The molecular weight excluding hydrogens is 336 g/mol. The van der Waals surface area contributed by atoms with E-state index in [0.29, 0.717) is 15.6 Å². The minimum atomic E-state index is -1.05. The summed E-state index contributed by atoms with van der Waals surface area (Å²) < 4.78 is 0. The Hall–Kier alpha value is -1.92. The average Bonchev–Trinajstić information content (AvgIpc) is 2.89. The molecule has 0 bridgehead atoms. The third kappa shape index (κ3) is 4.53. The molecule has 0 fully saturated rings. The molecule has 1 N–H and O–H groups in total. The van der Waals surface area contributed by atoms with Crippen LogP contribution in [0, 0.1) is 6.92 Å². The van der Waals surface area contributed by atoms with E-state index in [2.05, 4.69) is 4.98 Å². The maximum atomic E-state index is 12.7. The third-order valence-corrected chi connectivity index (χ3v) is 4.78. The van der Waals surface area contributed by atoms with Crippen molar-refractivity contribution in [1.29, 1.82) is 0 Å². The first kappa shape index (κ1) is 17.4. The van der Waals surface area contributed by atoms with Crippen LogP contribution in [0.2, 0.25) is 5.02 Å². The maximum Gasteiger partial charge on any atom is 0.323 e. The maximum absolute atomic E-state index is 12.7. The van der Waals surface area contributed by atoms with Crippen molar-refractivity contribution in [3.8, 4) is 0 Å². The Labute approximate surface area is 143 Å². The van der Waals surface area contributed by atoms with Crippen molar-refractivity contribution in [2.24, 2.45) is 0 Å². The topological polar surface area (TPSA) is 70.5 Å². The van der Waals surface area contributed by atoms with Crippen LogP contribution in [-0.4, -0.2) is 33.4 Å². The van der Waals surface area contributed by atoms with E-state index in [0.717, 1.165) is 17.0 Å². The fourth-order valence-electron chi connectivity index (χ4n) is 2.12. The lowest BCUT2D eigenvalue weighted by Gasteiger charge is -2.20. The van der Waals surface area contributed by atoms with Gasteiger partial charge in [0.25, 0.3) is 5.91 Å². The van der Waals surface area contributed by atoms with Crippen molar-refractivity contribution in [2.75, 3.05) is 6.54 Å². The molecule has 0 aliphatic heterocycles. The van der Waals surface area contributed by atoms with Crippen LogP contribution < -0.4 is 0 Å². The summed E-state index contributed by atoms with van der Waals surface area (Å²) in [6.07, 6.45) is 0.745. The second-order valence-corrected chi connectivity index (χ2v) is 6.58. The lowest BCUT2D eigenvalue weighted by Crippen LogP contribution is -2.35. The molecule has 1 aromatic carbocycles. The Kier molecular flexibility index (Phi) is 5.74. The predicted octanol–water partition coefficient (Wildman–Crippen LogP) is 3.39. The van der Waals surface area contributed by atoms with Gasteiger partial charge in [-0.15, -0.1) is 11.3 Å². The number of carboxylic acids is 1. The van der Waals surface area contributed by atoms with Gasteiger partial charge in [0.2, 0.25) is 0 Å². The van der Waals surface area contributed by atoms with Gasteiger partial charge in [-0.3, -0.25) is 9.59 Å². The van der Waals surface area contributed by atoms with Crippen molar-refractivity contribution in [1.82, 2.24) is 9.88 Å². The van der Waals surface area contributed by atoms with Gasteiger partial charge in [-0.2, -0.15) is 0 Å². The molecule has 0 aliphatic rings. The van der Waals surface area contributed by atoms with Gasteiger partial charge < -0.3 is 10.0 Å². The monoisotopic (exact) mass is 352 g/mol. The lowest BCUT2D eigenvalue weighted by atomic mass is 10.2. The van der Waals surface area contributed by atoms with Crippen LogP contribution in [0.4, 0.5) is 0 Å². The number of benzene rings is 1. The molecule has 0 aliphatic carbocycles. The van der Waals surface area contributed by atoms with E-state index in [9.17, 15) is 9.59 Å². The highest BCUT2D eigenvalue weighted by atomic mass is 35.5. The third-order valence-electron chi connectivity index (χ3n) is 3.24. The van der Waals surface area contributed by atoms with Crippen LogP contribution in [0.15, 0.2) is 24.3 Å². The van der Waals surface area contributed by atoms with Crippen LogP contribution in [0.25, 0.3) is 0 Å². The number of aromatic nitrogens is 1. The molecule has 5 nitrogen and oxygen atoms in total. The molecule has 0 unspecified atom stereocenters. The Morgan fingerprint density at radius 2 is 1.96 bits per heavy atom. The molecule has 1 amide bonds. The molecule has 0 atom stereocenters. The number of thiazole rings is 1. The Morgan fingerprint density at radius 1 is 1.30 bits per heavy atom. The first-order valence-corrected chi connectivity index (χ1v) is 8.32. The van der Waals surface area contributed by atoms with Gasteiger partial charge in [-0.25, -0.2) is 4.98 Å². The molecule has 0 radical (unpaired) electrons. The number of halogens is 1. The van der Waals surface area contributed by atoms with Gasteiger partial charge in [0.05, 0.1) is 10.7 Å². The Morgan fingerprint density at radius 3 is 2.48 bits per heavy atom. The summed E-state index contributed by atoms with van der Waals surface area (Å²) in [7, 11) is 0. The highest BCUT2D eigenvalue weighted by Gasteiger charge is 2.23. The summed E-state index contributed by atoms with van der Waals surface area (Å²) in [5.41, 5.74) is 1.46. The zero-order valence-electron chi connectivity index (χ0n) is 12.9. The highest BCUT2D eigenvalue weighted by molar-refractivity contribution is 7.13. The van der Waals surface area contributed by atoms with E-state index in [4.69, 9.17) is 16.7 Å². The molecule has 23 heavy (non-hydrogen) atoms.